The van der Waals surface area contributed by atoms with E-state index >= 15 is 0 Å². The highest BCUT2D eigenvalue weighted by molar-refractivity contribution is 5.96. The molecule has 1 amide bonds. The van der Waals surface area contributed by atoms with Crippen LogP contribution in [0.1, 0.15) is 55.5 Å². The summed E-state index contributed by atoms with van der Waals surface area (Å²) >= 11 is 0. The largest absolute Gasteiger partial charge is 0.477 e. The number of esters is 1. The average molecular weight is 526 g/mol. The average Bonchev–Trinajstić information content (AvgIpc) is 3.29. The molecule has 0 atom stereocenters. The summed E-state index contributed by atoms with van der Waals surface area (Å²) in [4.78, 5) is 52.5. The van der Waals surface area contributed by atoms with Gasteiger partial charge in [0.2, 0.25) is 0 Å². The van der Waals surface area contributed by atoms with Crippen molar-refractivity contribution in [2.24, 2.45) is 5.73 Å². The highest BCUT2D eigenvalue weighted by Gasteiger charge is 2.18. The molecule has 0 spiro atoms. The van der Waals surface area contributed by atoms with Crippen LogP contribution < -0.4 is 16.7 Å². The number of H-pyrrole nitrogens is 1. The molecule has 0 saturated heterocycles. The molecule has 0 radical (unpaired) electrons. The Labute approximate surface area is 217 Å². The molecular weight excluding hydrogens is 497 g/mol. The van der Waals surface area contributed by atoms with Crippen molar-refractivity contribution in [3.05, 3.63) is 105 Å². The molecule has 2 heterocycles. The van der Waals surface area contributed by atoms with E-state index in [-0.39, 0.29) is 42.8 Å². The van der Waals surface area contributed by atoms with Gasteiger partial charge in [0.05, 0.1) is 12.7 Å². The van der Waals surface area contributed by atoms with Crippen LogP contribution in [0.15, 0.2) is 59.5 Å². The molecule has 0 bridgehead atoms. The van der Waals surface area contributed by atoms with Gasteiger partial charge in [-0.05, 0) is 41.8 Å². The lowest BCUT2D eigenvalue weighted by Crippen LogP contribution is -2.26. The monoisotopic (exact) mass is 525 g/mol. The molecule has 0 unspecified atom stereocenters. The second kappa shape index (κ2) is 12.9. The number of carboxylic acid groups (broad SMARTS) is 1. The maximum atomic E-state index is 13.2. The number of rotatable bonds is 6. The lowest BCUT2D eigenvalue weighted by molar-refractivity contribution is 0.0599. The lowest BCUT2D eigenvalue weighted by atomic mass is 10.1. The van der Waals surface area contributed by atoms with Crippen molar-refractivity contribution in [2.45, 2.75) is 27.4 Å². The number of fused-ring (bicyclic) bond motifs is 1. The number of methoxy groups -OCH3 is 1. The van der Waals surface area contributed by atoms with E-state index in [0.29, 0.717) is 23.2 Å². The summed E-state index contributed by atoms with van der Waals surface area (Å²) < 4.78 is 18.7. The van der Waals surface area contributed by atoms with E-state index < -0.39 is 17.6 Å². The maximum Gasteiger partial charge on any atom is 0.353 e. The highest BCUT2D eigenvalue weighted by atomic mass is 19.1. The van der Waals surface area contributed by atoms with Crippen LogP contribution in [0.25, 0.3) is 5.65 Å². The van der Waals surface area contributed by atoms with Crippen LogP contribution in [-0.2, 0) is 17.8 Å². The SMILES string of the molecule is C.COC(=O)c1ccc(CN)cc1.Cc1cc(CNC(=O)c2cc(C(=O)O)n3c(=O)[nH]cc3n2)ccc1F. The van der Waals surface area contributed by atoms with E-state index in [1.807, 2.05) is 12.1 Å². The number of aromatic amines is 1. The Morgan fingerprint density at radius 1 is 1.13 bits per heavy atom. The molecule has 0 aliphatic carbocycles. The zero-order chi connectivity index (χ0) is 27.1. The van der Waals surface area contributed by atoms with Crippen molar-refractivity contribution in [1.82, 2.24) is 19.7 Å². The molecule has 12 heteroatoms. The summed E-state index contributed by atoms with van der Waals surface area (Å²) in [6, 6.07) is 12.5. The number of carbonyl (C=O) groups excluding carboxylic acids is 2. The van der Waals surface area contributed by atoms with Crippen LogP contribution in [-0.4, -0.2) is 44.4 Å². The van der Waals surface area contributed by atoms with Gasteiger partial charge in [-0.25, -0.2) is 28.2 Å². The molecule has 11 nitrogen and oxygen atoms in total. The molecule has 38 heavy (non-hydrogen) atoms. The number of nitrogens with two attached hydrogens (primary N) is 1. The Kier molecular flexibility index (Phi) is 9.99. The third-order valence-electron chi connectivity index (χ3n) is 5.24. The number of carbonyl (C=O) groups is 3. The first-order valence-corrected chi connectivity index (χ1v) is 10.9. The number of amides is 1. The van der Waals surface area contributed by atoms with E-state index in [0.717, 1.165) is 16.0 Å². The molecule has 4 aromatic rings. The maximum absolute atomic E-state index is 13.2. The molecule has 2 aromatic heterocycles. The Morgan fingerprint density at radius 2 is 1.79 bits per heavy atom. The van der Waals surface area contributed by atoms with Gasteiger partial charge in [-0.1, -0.05) is 31.7 Å². The van der Waals surface area contributed by atoms with Gasteiger partial charge in [0.1, 0.15) is 17.2 Å². The predicted molar refractivity (Wildman–Crippen MR) is 137 cm³/mol. The standard InChI is InChI=1S/C16H13FN4O4.C9H11NO2.CH4/c1-8-4-9(2-3-10(8)17)6-18-14(22)11-5-12(15(23)24)21-13(20-11)7-19-16(21)25;1-12-9(11)8-4-2-7(6-10)3-5-8;/h2-5,7H,6H2,1H3,(H,18,22)(H,19,25)(H,23,24);2-5H,6,10H2,1H3;1H4. The van der Waals surface area contributed by atoms with Gasteiger partial charge in [-0.3, -0.25) is 4.79 Å². The second-order valence-corrected chi connectivity index (χ2v) is 7.78. The topological polar surface area (TPSA) is 169 Å². The minimum absolute atomic E-state index is 0. The van der Waals surface area contributed by atoms with E-state index in [4.69, 9.17) is 5.73 Å². The van der Waals surface area contributed by atoms with E-state index in [9.17, 15) is 28.7 Å². The Bertz CT molecular complexity index is 1510. The molecule has 5 N–H and O–H groups in total. The Hall–Kier alpha value is -4.84. The van der Waals surface area contributed by atoms with E-state index in [2.05, 4.69) is 20.0 Å². The smallest absolute Gasteiger partial charge is 0.353 e. The minimum Gasteiger partial charge on any atom is -0.477 e. The predicted octanol–water partition coefficient (Wildman–Crippen LogP) is 2.67. The van der Waals surface area contributed by atoms with Crippen molar-refractivity contribution < 1.29 is 28.6 Å². The highest BCUT2D eigenvalue weighted by Crippen LogP contribution is 2.10. The molecule has 0 aliphatic rings. The summed E-state index contributed by atoms with van der Waals surface area (Å²) in [7, 11) is 1.36. The Morgan fingerprint density at radius 3 is 2.37 bits per heavy atom. The third-order valence-corrected chi connectivity index (χ3v) is 5.24. The van der Waals surface area contributed by atoms with Crippen LogP contribution in [0.2, 0.25) is 0 Å². The fourth-order valence-corrected chi connectivity index (χ4v) is 3.28. The zero-order valence-corrected chi connectivity index (χ0v) is 19.9. The number of halogens is 1. The van der Waals surface area contributed by atoms with E-state index in [1.165, 1.54) is 25.4 Å². The van der Waals surface area contributed by atoms with Gasteiger partial charge in [0.25, 0.3) is 5.91 Å². The molecular formula is C26H28FN5O6. The molecule has 0 fully saturated rings. The number of hydrogen-bond donors (Lipinski definition) is 4. The Balaban J connectivity index is 0.000000330. The minimum atomic E-state index is -1.36. The zero-order valence-electron chi connectivity index (χ0n) is 19.9. The van der Waals surface area contributed by atoms with Crippen molar-refractivity contribution in [3.63, 3.8) is 0 Å². The first-order chi connectivity index (χ1) is 17.6. The number of nitrogens with zero attached hydrogens (tertiary/aromatic N) is 2. The van der Waals surface area contributed by atoms with Gasteiger partial charge >= 0.3 is 17.6 Å². The van der Waals surface area contributed by atoms with E-state index in [1.54, 1.807) is 25.1 Å². The molecule has 2 aromatic carbocycles. The fourth-order valence-electron chi connectivity index (χ4n) is 3.28. The summed E-state index contributed by atoms with van der Waals surface area (Å²) in [6.45, 7) is 2.22. The van der Waals surface area contributed by atoms with Crippen LogP contribution in [0.4, 0.5) is 4.39 Å². The van der Waals surface area contributed by atoms with Gasteiger partial charge in [0, 0.05) is 25.4 Å². The number of carboxylic acids is 1. The van der Waals surface area contributed by atoms with Gasteiger partial charge in [0.15, 0.2) is 5.65 Å². The lowest BCUT2D eigenvalue weighted by Gasteiger charge is -2.08. The molecule has 200 valence electrons. The molecule has 0 aliphatic heterocycles. The first-order valence-electron chi connectivity index (χ1n) is 10.9. The number of aromatic carboxylic acids is 1. The van der Waals surface area contributed by atoms with Gasteiger partial charge in [-0.2, -0.15) is 0 Å². The van der Waals surface area contributed by atoms with Crippen LogP contribution in [0.5, 0.6) is 0 Å². The van der Waals surface area contributed by atoms with Crippen LogP contribution in [0.3, 0.4) is 0 Å². The summed E-state index contributed by atoms with van der Waals surface area (Å²) in [5.41, 5.74) is 6.92. The summed E-state index contributed by atoms with van der Waals surface area (Å²) in [5.74, 6) is -2.64. The number of aromatic nitrogens is 3. The second-order valence-electron chi connectivity index (χ2n) is 7.78. The number of ether oxygens (including phenoxy) is 1. The molecule has 4 rings (SSSR count). The van der Waals surface area contributed by atoms with Crippen LogP contribution in [0, 0.1) is 12.7 Å². The quantitative estimate of drug-likeness (QED) is 0.279. The van der Waals surface area contributed by atoms with Gasteiger partial charge < -0.3 is 25.9 Å². The van der Waals surface area contributed by atoms with Crippen molar-refractivity contribution in [2.75, 3.05) is 7.11 Å². The van der Waals surface area contributed by atoms with Crippen molar-refractivity contribution in [3.8, 4) is 0 Å². The normalized spacial score (nSPS) is 10.1. The summed E-state index contributed by atoms with van der Waals surface area (Å²) in [6.07, 6.45) is 1.22. The van der Waals surface area contributed by atoms with Gasteiger partial charge in [-0.15, -0.1) is 0 Å². The number of aryl methyl sites for hydroxylation is 1. The number of benzene rings is 2. The fraction of sp³-hybridized carbons (Fsp3) is 0.192. The third kappa shape index (κ3) is 6.89. The summed E-state index contributed by atoms with van der Waals surface area (Å²) in [5, 5.41) is 11.8. The number of imidazole rings is 1. The van der Waals surface area contributed by atoms with Crippen molar-refractivity contribution >= 4 is 23.5 Å². The molecule has 0 saturated carbocycles. The van der Waals surface area contributed by atoms with Crippen molar-refractivity contribution in [1.29, 1.82) is 0 Å². The van der Waals surface area contributed by atoms with Crippen LogP contribution >= 0.6 is 0 Å². The number of hydrogen-bond acceptors (Lipinski definition) is 7. The number of nitrogens with one attached hydrogen (secondary N) is 2. The first kappa shape index (κ1) is 29.4.